The number of alkyl halides is 3. The molecule has 18 heavy (non-hydrogen) atoms. The van der Waals surface area contributed by atoms with Gasteiger partial charge in [-0.3, -0.25) is 4.79 Å². The van der Waals surface area contributed by atoms with Crippen molar-refractivity contribution in [3.8, 4) is 0 Å². The van der Waals surface area contributed by atoms with E-state index in [1.54, 1.807) is 0 Å². The standard InChI is InChI=1S/C13H14F3NO/c1-9-3-5-11(6-4-9)8-17-10(2)7-12(18)13(14,15)16/h3-7,17H,8H2,1-2H3. The first-order valence-electron chi connectivity index (χ1n) is 5.38. The van der Waals surface area contributed by atoms with Crippen molar-refractivity contribution in [2.45, 2.75) is 26.6 Å². The van der Waals surface area contributed by atoms with Crippen molar-refractivity contribution in [2.75, 3.05) is 0 Å². The molecule has 0 atom stereocenters. The number of rotatable bonds is 4. The molecule has 0 aliphatic rings. The zero-order valence-electron chi connectivity index (χ0n) is 10.1. The second-order valence-electron chi connectivity index (χ2n) is 4.03. The molecule has 0 spiro atoms. The van der Waals surface area contributed by atoms with Gasteiger partial charge in [0.2, 0.25) is 0 Å². The zero-order chi connectivity index (χ0) is 13.8. The summed E-state index contributed by atoms with van der Waals surface area (Å²) in [5.41, 5.74) is 2.24. The first-order valence-corrected chi connectivity index (χ1v) is 5.38. The van der Waals surface area contributed by atoms with Gasteiger partial charge in [-0.15, -0.1) is 0 Å². The van der Waals surface area contributed by atoms with Crippen molar-refractivity contribution >= 4 is 5.78 Å². The van der Waals surface area contributed by atoms with Gasteiger partial charge in [0.1, 0.15) is 0 Å². The SMILES string of the molecule is CC(=CC(=O)C(F)(F)F)NCc1ccc(C)cc1. The van der Waals surface area contributed by atoms with E-state index in [0.717, 1.165) is 11.1 Å². The average molecular weight is 257 g/mol. The molecule has 0 saturated heterocycles. The highest BCUT2D eigenvalue weighted by molar-refractivity contribution is 5.94. The van der Waals surface area contributed by atoms with Gasteiger partial charge in [0.25, 0.3) is 5.78 Å². The fourth-order valence-corrected chi connectivity index (χ4v) is 1.28. The number of aryl methyl sites for hydroxylation is 1. The average Bonchev–Trinajstić information content (AvgIpc) is 2.27. The molecule has 0 unspecified atom stereocenters. The Labute approximate surface area is 104 Å². The van der Waals surface area contributed by atoms with Crippen LogP contribution in [-0.4, -0.2) is 12.0 Å². The predicted molar refractivity (Wildman–Crippen MR) is 62.8 cm³/mol. The van der Waals surface area contributed by atoms with Crippen molar-refractivity contribution in [1.82, 2.24) is 5.32 Å². The molecular formula is C13H14F3NO. The number of halogens is 3. The normalized spacial score (nSPS) is 12.4. The van der Waals surface area contributed by atoms with E-state index in [1.807, 2.05) is 31.2 Å². The van der Waals surface area contributed by atoms with Gasteiger partial charge in [-0.2, -0.15) is 13.2 Å². The van der Waals surface area contributed by atoms with Crippen LogP contribution in [0.2, 0.25) is 0 Å². The predicted octanol–water partition coefficient (Wildman–Crippen LogP) is 3.12. The molecule has 0 bridgehead atoms. The Morgan fingerprint density at radius 3 is 2.33 bits per heavy atom. The molecule has 1 aromatic rings. The molecule has 0 heterocycles. The minimum Gasteiger partial charge on any atom is -0.384 e. The summed E-state index contributed by atoms with van der Waals surface area (Å²) in [4.78, 5) is 10.7. The monoisotopic (exact) mass is 257 g/mol. The summed E-state index contributed by atoms with van der Waals surface area (Å²) in [6.45, 7) is 3.76. The highest BCUT2D eigenvalue weighted by Gasteiger charge is 2.36. The summed E-state index contributed by atoms with van der Waals surface area (Å²) < 4.78 is 36.0. The number of benzene rings is 1. The Kier molecular flexibility index (Phi) is 4.53. The number of hydrogen-bond acceptors (Lipinski definition) is 2. The quantitative estimate of drug-likeness (QED) is 0.840. The third kappa shape index (κ3) is 4.61. The number of ketones is 1. The topological polar surface area (TPSA) is 29.1 Å². The second-order valence-corrected chi connectivity index (χ2v) is 4.03. The van der Waals surface area contributed by atoms with Crippen LogP contribution in [0.5, 0.6) is 0 Å². The Morgan fingerprint density at radius 1 is 1.28 bits per heavy atom. The van der Waals surface area contributed by atoms with Crippen LogP contribution in [0.1, 0.15) is 18.1 Å². The number of carbonyl (C=O) groups excluding carboxylic acids is 1. The van der Waals surface area contributed by atoms with Gasteiger partial charge in [0.15, 0.2) is 0 Å². The molecule has 0 amide bonds. The maximum atomic E-state index is 12.0. The van der Waals surface area contributed by atoms with E-state index in [1.165, 1.54) is 6.92 Å². The summed E-state index contributed by atoms with van der Waals surface area (Å²) in [6, 6.07) is 7.58. The fourth-order valence-electron chi connectivity index (χ4n) is 1.28. The minimum absolute atomic E-state index is 0.193. The molecule has 0 aromatic heterocycles. The molecule has 98 valence electrons. The third-order valence-electron chi connectivity index (χ3n) is 2.32. The Bertz CT molecular complexity index is 446. The van der Waals surface area contributed by atoms with Gasteiger partial charge in [-0.1, -0.05) is 29.8 Å². The van der Waals surface area contributed by atoms with E-state index in [4.69, 9.17) is 0 Å². The van der Waals surface area contributed by atoms with Crippen molar-refractivity contribution in [2.24, 2.45) is 0 Å². The van der Waals surface area contributed by atoms with Crippen molar-refractivity contribution in [3.05, 3.63) is 47.2 Å². The first kappa shape index (κ1) is 14.3. The van der Waals surface area contributed by atoms with Crippen LogP contribution in [0.4, 0.5) is 13.2 Å². The highest BCUT2D eigenvalue weighted by Crippen LogP contribution is 2.17. The molecule has 0 saturated carbocycles. The molecule has 0 radical (unpaired) electrons. The van der Waals surface area contributed by atoms with Crippen LogP contribution < -0.4 is 5.32 Å². The lowest BCUT2D eigenvalue weighted by Gasteiger charge is -2.07. The summed E-state index contributed by atoms with van der Waals surface area (Å²) in [5.74, 6) is -1.85. The Morgan fingerprint density at radius 2 is 1.83 bits per heavy atom. The van der Waals surface area contributed by atoms with E-state index in [-0.39, 0.29) is 5.70 Å². The Hall–Kier alpha value is -1.78. The van der Waals surface area contributed by atoms with Crippen LogP contribution in [0.3, 0.4) is 0 Å². The van der Waals surface area contributed by atoms with Crippen LogP contribution in [0, 0.1) is 6.92 Å². The van der Waals surface area contributed by atoms with Crippen molar-refractivity contribution in [3.63, 3.8) is 0 Å². The van der Waals surface area contributed by atoms with Gasteiger partial charge in [-0.05, 0) is 19.4 Å². The van der Waals surface area contributed by atoms with Crippen LogP contribution >= 0.6 is 0 Å². The van der Waals surface area contributed by atoms with E-state index < -0.39 is 12.0 Å². The smallest absolute Gasteiger partial charge is 0.384 e. The fraction of sp³-hybridized carbons (Fsp3) is 0.308. The van der Waals surface area contributed by atoms with E-state index in [2.05, 4.69) is 5.32 Å². The maximum Gasteiger partial charge on any atom is 0.454 e. The molecule has 0 aliphatic carbocycles. The summed E-state index contributed by atoms with van der Waals surface area (Å²) in [6.07, 6.45) is -4.25. The van der Waals surface area contributed by atoms with Crippen LogP contribution in [0.15, 0.2) is 36.0 Å². The van der Waals surface area contributed by atoms with E-state index in [9.17, 15) is 18.0 Å². The minimum atomic E-state index is -4.81. The molecule has 1 rings (SSSR count). The highest BCUT2D eigenvalue weighted by atomic mass is 19.4. The van der Waals surface area contributed by atoms with Gasteiger partial charge in [-0.25, -0.2) is 0 Å². The summed E-state index contributed by atoms with van der Waals surface area (Å²) >= 11 is 0. The first-order chi connectivity index (χ1) is 8.29. The molecule has 1 N–H and O–H groups in total. The third-order valence-corrected chi connectivity index (χ3v) is 2.32. The lowest BCUT2D eigenvalue weighted by molar-refractivity contribution is -0.165. The summed E-state index contributed by atoms with van der Waals surface area (Å²) in [7, 11) is 0. The number of allylic oxidation sites excluding steroid dienone is 2. The largest absolute Gasteiger partial charge is 0.454 e. The lowest BCUT2D eigenvalue weighted by atomic mass is 10.1. The van der Waals surface area contributed by atoms with Gasteiger partial charge >= 0.3 is 6.18 Å². The number of nitrogens with one attached hydrogen (secondary N) is 1. The molecule has 5 heteroatoms. The second kappa shape index (κ2) is 5.71. The maximum absolute atomic E-state index is 12.0. The number of carbonyl (C=O) groups is 1. The van der Waals surface area contributed by atoms with E-state index >= 15 is 0 Å². The van der Waals surface area contributed by atoms with Gasteiger partial charge in [0, 0.05) is 18.3 Å². The van der Waals surface area contributed by atoms with Crippen LogP contribution in [0.25, 0.3) is 0 Å². The van der Waals surface area contributed by atoms with Crippen LogP contribution in [-0.2, 0) is 11.3 Å². The molecule has 0 fully saturated rings. The Balaban J connectivity index is 2.56. The summed E-state index contributed by atoms with van der Waals surface area (Å²) in [5, 5.41) is 2.76. The molecular weight excluding hydrogens is 243 g/mol. The molecule has 0 aliphatic heterocycles. The van der Waals surface area contributed by atoms with Crippen molar-refractivity contribution in [1.29, 1.82) is 0 Å². The van der Waals surface area contributed by atoms with Crippen molar-refractivity contribution < 1.29 is 18.0 Å². The zero-order valence-corrected chi connectivity index (χ0v) is 10.1. The van der Waals surface area contributed by atoms with Gasteiger partial charge < -0.3 is 5.32 Å². The van der Waals surface area contributed by atoms with Gasteiger partial charge in [0.05, 0.1) is 0 Å². The molecule has 2 nitrogen and oxygen atoms in total. The lowest BCUT2D eigenvalue weighted by Crippen LogP contribution is -2.22. The molecule has 1 aromatic carbocycles. The van der Waals surface area contributed by atoms with E-state index in [0.29, 0.717) is 12.6 Å². The number of hydrogen-bond donors (Lipinski definition) is 1.